The first-order chi connectivity index (χ1) is 13.6. The quantitative estimate of drug-likeness (QED) is 0.719. The number of ether oxygens (including phenoxy) is 1. The number of nitriles is 1. The summed E-state index contributed by atoms with van der Waals surface area (Å²) < 4.78 is 7.70. The molecule has 3 atom stereocenters. The van der Waals surface area contributed by atoms with Crippen LogP contribution in [-0.2, 0) is 4.74 Å². The average Bonchev–Trinajstić information content (AvgIpc) is 3.07. The molecule has 2 saturated carbocycles. The first-order valence-electron chi connectivity index (χ1n) is 9.69. The van der Waals surface area contributed by atoms with Gasteiger partial charge in [0.05, 0.1) is 17.8 Å². The standard InChI is InChI=1S/C19H21N7O2/c1-2-11-7-12(28-18(27)23-19(10-20)4-5-19)8-13(11)17-25-24-15-9-22-16-14(26(15)17)3-6-21-16/h3,6,9,11-13,21H,2,4-5,7-8H2,1H3,(H,23,27). The van der Waals surface area contributed by atoms with Gasteiger partial charge in [-0.1, -0.05) is 13.3 Å². The van der Waals surface area contributed by atoms with Crippen LogP contribution >= 0.6 is 0 Å². The van der Waals surface area contributed by atoms with Gasteiger partial charge in [0.15, 0.2) is 11.3 Å². The van der Waals surface area contributed by atoms with Crippen LogP contribution in [0, 0.1) is 17.2 Å². The van der Waals surface area contributed by atoms with Crippen molar-refractivity contribution < 1.29 is 9.53 Å². The Bertz CT molecular complexity index is 1090. The molecule has 5 rings (SSSR count). The molecule has 0 aliphatic heterocycles. The minimum absolute atomic E-state index is 0.143. The molecule has 2 aliphatic rings. The van der Waals surface area contributed by atoms with Crippen molar-refractivity contribution in [1.82, 2.24) is 29.9 Å². The molecule has 1 amide bonds. The zero-order chi connectivity index (χ0) is 19.3. The van der Waals surface area contributed by atoms with Gasteiger partial charge in [-0.15, -0.1) is 10.2 Å². The van der Waals surface area contributed by atoms with E-state index in [1.807, 2.05) is 16.7 Å². The van der Waals surface area contributed by atoms with Crippen molar-refractivity contribution in [2.45, 2.75) is 56.6 Å². The zero-order valence-electron chi connectivity index (χ0n) is 15.6. The maximum absolute atomic E-state index is 12.2. The normalized spacial score (nSPS) is 25.6. The molecular weight excluding hydrogens is 358 g/mol. The number of carbonyl (C=O) groups is 1. The van der Waals surface area contributed by atoms with E-state index in [0.717, 1.165) is 29.8 Å². The molecule has 28 heavy (non-hydrogen) atoms. The predicted octanol–water partition coefficient (Wildman–Crippen LogP) is 2.66. The summed E-state index contributed by atoms with van der Waals surface area (Å²) in [4.78, 5) is 19.7. The first kappa shape index (κ1) is 17.0. The number of amides is 1. The fraction of sp³-hybridized carbons (Fsp3) is 0.526. The van der Waals surface area contributed by atoms with Gasteiger partial charge in [-0.05, 0) is 37.7 Å². The Balaban J connectivity index is 1.40. The van der Waals surface area contributed by atoms with Crippen LogP contribution in [0.25, 0.3) is 16.8 Å². The van der Waals surface area contributed by atoms with Gasteiger partial charge < -0.3 is 15.0 Å². The second-order valence-corrected chi connectivity index (χ2v) is 7.81. The SMILES string of the molecule is CCC1CC(OC(=O)NC2(C#N)CC2)CC1c1nnc2cnc3[nH]ccc3n12. The Morgan fingerprint density at radius 3 is 3.07 bits per heavy atom. The Labute approximate surface area is 161 Å². The molecule has 0 bridgehead atoms. The van der Waals surface area contributed by atoms with E-state index in [4.69, 9.17) is 10.00 Å². The van der Waals surface area contributed by atoms with E-state index in [1.54, 1.807) is 6.20 Å². The van der Waals surface area contributed by atoms with E-state index in [9.17, 15) is 4.79 Å². The van der Waals surface area contributed by atoms with Crippen LogP contribution in [-0.4, -0.2) is 42.3 Å². The summed E-state index contributed by atoms with van der Waals surface area (Å²) in [5.74, 6) is 1.37. The molecule has 9 nitrogen and oxygen atoms in total. The molecule has 9 heteroatoms. The van der Waals surface area contributed by atoms with Gasteiger partial charge in [-0.2, -0.15) is 5.26 Å². The van der Waals surface area contributed by atoms with E-state index in [2.05, 4.69) is 38.5 Å². The van der Waals surface area contributed by atoms with Crippen LogP contribution in [0.5, 0.6) is 0 Å². The van der Waals surface area contributed by atoms with E-state index in [1.165, 1.54) is 0 Å². The first-order valence-corrected chi connectivity index (χ1v) is 9.69. The summed E-state index contributed by atoms with van der Waals surface area (Å²) in [6.07, 6.45) is 6.69. The Kier molecular flexibility index (Phi) is 3.75. The van der Waals surface area contributed by atoms with Crippen molar-refractivity contribution in [2.75, 3.05) is 0 Å². The number of hydrogen-bond donors (Lipinski definition) is 2. The van der Waals surface area contributed by atoms with Crippen LogP contribution < -0.4 is 5.32 Å². The van der Waals surface area contributed by atoms with Crippen LogP contribution in [0.2, 0.25) is 0 Å². The minimum Gasteiger partial charge on any atom is -0.446 e. The fourth-order valence-corrected chi connectivity index (χ4v) is 4.34. The molecule has 3 heterocycles. The van der Waals surface area contributed by atoms with Crippen LogP contribution in [0.1, 0.15) is 50.8 Å². The summed E-state index contributed by atoms with van der Waals surface area (Å²) in [7, 11) is 0. The molecule has 0 radical (unpaired) electrons. The fourth-order valence-electron chi connectivity index (χ4n) is 4.34. The highest BCUT2D eigenvalue weighted by molar-refractivity contribution is 5.74. The summed E-state index contributed by atoms with van der Waals surface area (Å²) >= 11 is 0. The monoisotopic (exact) mass is 379 g/mol. The van der Waals surface area contributed by atoms with E-state index in [0.29, 0.717) is 30.8 Å². The molecule has 3 aromatic rings. The van der Waals surface area contributed by atoms with Gasteiger partial charge in [-0.3, -0.25) is 4.40 Å². The lowest BCUT2D eigenvalue weighted by Gasteiger charge is -2.15. The minimum atomic E-state index is -0.713. The van der Waals surface area contributed by atoms with E-state index < -0.39 is 11.6 Å². The van der Waals surface area contributed by atoms with Gasteiger partial charge in [0.2, 0.25) is 0 Å². The van der Waals surface area contributed by atoms with Crippen LogP contribution in [0.15, 0.2) is 18.5 Å². The third kappa shape index (κ3) is 2.68. The van der Waals surface area contributed by atoms with Crippen molar-refractivity contribution >= 4 is 22.9 Å². The maximum Gasteiger partial charge on any atom is 0.408 e. The number of rotatable bonds is 4. The van der Waals surface area contributed by atoms with Crippen LogP contribution in [0.3, 0.4) is 0 Å². The number of aromatic amines is 1. The molecule has 2 aliphatic carbocycles. The number of alkyl carbamates (subject to hydrolysis) is 1. The number of aromatic nitrogens is 5. The number of H-pyrrole nitrogens is 1. The van der Waals surface area contributed by atoms with Gasteiger partial charge in [-0.25, -0.2) is 9.78 Å². The highest BCUT2D eigenvalue weighted by Crippen LogP contribution is 2.43. The predicted molar refractivity (Wildman–Crippen MR) is 99.4 cm³/mol. The molecule has 3 unspecified atom stereocenters. The summed E-state index contributed by atoms with van der Waals surface area (Å²) in [5.41, 5.74) is 1.73. The molecule has 144 valence electrons. The summed E-state index contributed by atoms with van der Waals surface area (Å²) in [6.45, 7) is 2.14. The second-order valence-electron chi connectivity index (χ2n) is 7.81. The van der Waals surface area contributed by atoms with Gasteiger partial charge in [0.1, 0.15) is 17.5 Å². The van der Waals surface area contributed by atoms with Crippen molar-refractivity contribution in [2.24, 2.45) is 5.92 Å². The number of carbonyl (C=O) groups excluding carboxylic acids is 1. The molecule has 0 saturated heterocycles. The van der Waals surface area contributed by atoms with Crippen LogP contribution in [0.4, 0.5) is 4.79 Å². The number of hydrogen-bond acceptors (Lipinski definition) is 6. The van der Waals surface area contributed by atoms with Gasteiger partial charge in [0, 0.05) is 12.1 Å². The molecular formula is C19H21N7O2. The van der Waals surface area contributed by atoms with Gasteiger partial charge >= 0.3 is 6.09 Å². The highest BCUT2D eigenvalue weighted by Gasteiger charge is 2.46. The molecule has 2 fully saturated rings. The van der Waals surface area contributed by atoms with Crippen molar-refractivity contribution in [3.05, 3.63) is 24.3 Å². The average molecular weight is 379 g/mol. The topological polar surface area (TPSA) is 121 Å². The molecule has 3 aromatic heterocycles. The zero-order valence-corrected chi connectivity index (χ0v) is 15.6. The van der Waals surface area contributed by atoms with Crippen molar-refractivity contribution in [1.29, 1.82) is 5.26 Å². The Morgan fingerprint density at radius 1 is 1.46 bits per heavy atom. The smallest absolute Gasteiger partial charge is 0.408 e. The largest absolute Gasteiger partial charge is 0.446 e. The summed E-state index contributed by atoms with van der Waals surface area (Å²) in [6, 6.07) is 4.12. The van der Waals surface area contributed by atoms with E-state index >= 15 is 0 Å². The lowest BCUT2D eigenvalue weighted by molar-refractivity contribution is 0.0959. The Hall–Kier alpha value is -3.15. The third-order valence-corrected chi connectivity index (χ3v) is 6.05. The second kappa shape index (κ2) is 6.19. The van der Waals surface area contributed by atoms with Crippen molar-refractivity contribution in [3.8, 4) is 6.07 Å². The summed E-state index contributed by atoms with van der Waals surface area (Å²) in [5, 5.41) is 20.6. The number of nitrogens with zero attached hydrogens (tertiary/aromatic N) is 5. The highest BCUT2D eigenvalue weighted by atomic mass is 16.6. The third-order valence-electron chi connectivity index (χ3n) is 6.05. The molecule has 0 spiro atoms. The molecule has 0 aromatic carbocycles. The Morgan fingerprint density at radius 2 is 2.32 bits per heavy atom. The lowest BCUT2D eigenvalue weighted by Crippen LogP contribution is -2.37. The molecule has 2 N–H and O–H groups in total. The lowest BCUT2D eigenvalue weighted by atomic mass is 9.93. The van der Waals surface area contributed by atoms with E-state index in [-0.39, 0.29) is 12.0 Å². The number of nitrogens with one attached hydrogen (secondary N) is 2. The van der Waals surface area contributed by atoms with Gasteiger partial charge in [0.25, 0.3) is 0 Å². The number of fused-ring (bicyclic) bond motifs is 3. The van der Waals surface area contributed by atoms with Crippen molar-refractivity contribution in [3.63, 3.8) is 0 Å². The maximum atomic E-state index is 12.2.